The van der Waals surface area contributed by atoms with Crippen molar-refractivity contribution in [2.75, 3.05) is 11.9 Å². The Morgan fingerprint density at radius 1 is 1.08 bits per heavy atom. The van der Waals surface area contributed by atoms with Gasteiger partial charge in [-0.1, -0.05) is 35.3 Å². The van der Waals surface area contributed by atoms with Gasteiger partial charge in [0.25, 0.3) is 0 Å². The minimum absolute atomic E-state index is 0.0503. The largest absolute Gasteiger partial charge is 0.338 e. The number of primary sulfonamides is 1. The van der Waals surface area contributed by atoms with E-state index in [-0.39, 0.29) is 4.90 Å². The lowest BCUT2D eigenvalue weighted by molar-refractivity contribution is 0.252. The summed E-state index contributed by atoms with van der Waals surface area (Å²) in [6.07, 6.45) is 0.534. The third-order valence-electron chi connectivity index (χ3n) is 3.13. The zero-order valence-corrected chi connectivity index (χ0v) is 14.8. The molecular formula is C15H15Cl2N3O3S. The highest BCUT2D eigenvalue weighted by molar-refractivity contribution is 7.89. The molecule has 0 saturated heterocycles. The van der Waals surface area contributed by atoms with Crippen molar-refractivity contribution in [3.8, 4) is 0 Å². The molecule has 0 aromatic heterocycles. The van der Waals surface area contributed by atoms with Crippen LogP contribution in [0.25, 0.3) is 0 Å². The molecule has 0 fully saturated rings. The summed E-state index contributed by atoms with van der Waals surface area (Å²) >= 11 is 11.8. The first-order valence-corrected chi connectivity index (χ1v) is 9.17. The molecule has 0 aliphatic carbocycles. The summed E-state index contributed by atoms with van der Waals surface area (Å²) in [6, 6.07) is 10.5. The molecule has 0 heterocycles. The van der Waals surface area contributed by atoms with Crippen LogP contribution in [0.3, 0.4) is 0 Å². The summed E-state index contributed by atoms with van der Waals surface area (Å²) in [6.45, 7) is 0.367. The summed E-state index contributed by atoms with van der Waals surface area (Å²) < 4.78 is 22.3. The molecule has 0 bridgehead atoms. The van der Waals surface area contributed by atoms with Crippen molar-refractivity contribution >= 4 is 44.9 Å². The molecule has 0 atom stereocenters. The van der Waals surface area contributed by atoms with Crippen LogP contribution in [-0.4, -0.2) is 21.0 Å². The lowest BCUT2D eigenvalue weighted by Gasteiger charge is -2.09. The molecule has 9 heteroatoms. The second kappa shape index (κ2) is 7.85. The van der Waals surface area contributed by atoms with Crippen molar-refractivity contribution in [1.82, 2.24) is 5.32 Å². The number of hydrogen-bond donors (Lipinski definition) is 3. The molecule has 6 nitrogen and oxygen atoms in total. The van der Waals surface area contributed by atoms with Crippen molar-refractivity contribution in [2.24, 2.45) is 5.14 Å². The van der Waals surface area contributed by atoms with Crippen LogP contribution in [0.5, 0.6) is 0 Å². The van der Waals surface area contributed by atoms with E-state index in [2.05, 4.69) is 10.6 Å². The number of carbonyl (C=O) groups is 1. The van der Waals surface area contributed by atoms with Gasteiger partial charge in [-0.2, -0.15) is 0 Å². The second-order valence-corrected chi connectivity index (χ2v) is 7.35. The van der Waals surface area contributed by atoms with E-state index >= 15 is 0 Å². The van der Waals surface area contributed by atoms with E-state index < -0.39 is 16.1 Å². The molecular weight excluding hydrogens is 373 g/mol. The normalized spacial score (nSPS) is 11.1. The molecule has 4 N–H and O–H groups in total. The number of urea groups is 1. The zero-order chi connectivity index (χ0) is 17.7. The maximum Gasteiger partial charge on any atom is 0.319 e. The minimum atomic E-state index is -3.70. The Bertz CT molecular complexity index is 840. The third-order valence-corrected chi connectivity index (χ3v) is 4.61. The number of carbonyl (C=O) groups excluding carboxylic acids is 1. The van der Waals surface area contributed by atoms with Gasteiger partial charge in [0, 0.05) is 11.6 Å². The van der Waals surface area contributed by atoms with Gasteiger partial charge in [0.1, 0.15) is 0 Å². The van der Waals surface area contributed by atoms with Crippen LogP contribution < -0.4 is 15.8 Å². The maximum absolute atomic E-state index is 11.8. The van der Waals surface area contributed by atoms with Gasteiger partial charge in [-0.25, -0.2) is 18.4 Å². The molecule has 2 aromatic rings. The first-order valence-electron chi connectivity index (χ1n) is 6.87. The molecule has 0 radical (unpaired) electrons. The summed E-state index contributed by atoms with van der Waals surface area (Å²) in [5.74, 6) is 0. The number of benzene rings is 2. The minimum Gasteiger partial charge on any atom is -0.338 e. The fourth-order valence-electron chi connectivity index (χ4n) is 1.92. The fourth-order valence-corrected chi connectivity index (χ4v) is 2.89. The van der Waals surface area contributed by atoms with Gasteiger partial charge in [0.2, 0.25) is 10.0 Å². The molecule has 0 aliphatic rings. The molecule has 0 unspecified atom stereocenters. The predicted octanol–water partition coefficient (Wildman–Crippen LogP) is 3.01. The Morgan fingerprint density at radius 2 is 1.75 bits per heavy atom. The Labute approximate surface area is 150 Å². The fraction of sp³-hybridized carbons (Fsp3) is 0.133. The van der Waals surface area contributed by atoms with Crippen molar-refractivity contribution in [2.45, 2.75) is 11.3 Å². The topological polar surface area (TPSA) is 101 Å². The highest BCUT2D eigenvalue weighted by Gasteiger charge is 2.08. The van der Waals surface area contributed by atoms with E-state index in [9.17, 15) is 13.2 Å². The SMILES string of the molecule is NS(=O)(=O)c1ccc(CCNC(=O)Nc2ccc(Cl)cc2Cl)cc1. The lowest BCUT2D eigenvalue weighted by atomic mass is 10.1. The van der Waals surface area contributed by atoms with Crippen LogP contribution in [0.15, 0.2) is 47.4 Å². The van der Waals surface area contributed by atoms with Gasteiger partial charge in [0.05, 0.1) is 15.6 Å². The number of rotatable bonds is 5. The van der Waals surface area contributed by atoms with Crippen molar-refractivity contribution in [1.29, 1.82) is 0 Å². The van der Waals surface area contributed by atoms with E-state index in [1.807, 2.05) is 0 Å². The van der Waals surface area contributed by atoms with Gasteiger partial charge in [-0.05, 0) is 42.3 Å². The standard InChI is InChI=1S/C15H15Cl2N3O3S/c16-11-3-6-14(13(17)9-11)20-15(21)19-8-7-10-1-4-12(5-2-10)24(18,22)23/h1-6,9H,7-8H2,(H2,18,22,23)(H2,19,20,21). The molecule has 2 rings (SSSR count). The highest BCUT2D eigenvalue weighted by Crippen LogP contribution is 2.25. The molecule has 2 amide bonds. The average Bonchev–Trinajstić information content (AvgIpc) is 2.50. The van der Waals surface area contributed by atoms with Crippen LogP contribution >= 0.6 is 23.2 Å². The van der Waals surface area contributed by atoms with E-state index in [1.54, 1.807) is 24.3 Å². The Morgan fingerprint density at radius 3 is 2.33 bits per heavy atom. The molecule has 0 saturated carbocycles. The maximum atomic E-state index is 11.8. The summed E-state index contributed by atoms with van der Waals surface area (Å²) in [5.41, 5.74) is 1.32. The number of anilines is 1. The number of sulfonamides is 1. The molecule has 24 heavy (non-hydrogen) atoms. The molecule has 2 aromatic carbocycles. The van der Waals surface area contributed by atoms with E-state index in [0.717, 1.165) is 5.56 Å². The summed E-state index contributed by atoms with van der Waals surface area (Å²) in [7, 11) is -3.70. The van der Waals surface area contributed by atoms with Crippen LogP contribution in [-0.2, 0) is 16.4 Å². The average molecular weight is 388 g/mol. The van der Waals surface area contributed by atoms with Crippen molar-refractivity contribution in [3.05, 3.63) is 58.1 Å². The van der Waals surface area contributed by atoms with Crippen LogP contribution in [0.2, 0.25) is 10.0 Å². The van der Waals surface area contributed by atoms with Crippen molar-refractivity contribution < 1.29 is 13.2 Å². The van der Waals surface area contributed by atoms with Crippen LogP contribution in [0, 0.1) is 0 Å². The second-order valence-electron chi connectivity index (χ2n) is 4.94. The monoisotopic (exact) mass is 387 g/mol. The lowest BCUT2D eigenvalue weighted by Crippen LogP contribution is -2.30. The number of amides is 2. The first kappa shape index (κ1) is 18.5. The van der Waals surface area contributed by atoms with Crippen LogP contribution in [0.1, 0.15) is 5.56 Å². The van der Waals surface area contributed by atoms with E-state index in [1.165, 1.54) is 18.2 Å². The predicted molar refractivity (Wildman–Crippen MR) is 95.0 cm³/mol. The van der Waals surface area contributed by atoms with Crippen LogP contribution in [0.4, 0.5) is 10.5 Å². The smallest absolute Gasteiger partial charge is 0.319 e. The number of hydrogen-bond acceptors (Lipinski definition) is 3. The first-order chi connectivity index (χ1) is 11.3. The van der Waals surface area contributed by atoms with Gasteiger partial charge in [-0.15, -0.1) is 0 Å². The van der Waals surface area contributed by atoms with Gasteiger partial charge >= 0.3 is 6.03 Å². The molecule has 0 spiro atoms. The number of halogens is 2. The number of nitrogens with two attached hydrogens (primary N) is 1. The number of nitrogens with one attached hydrogen (secondary N) is 2. The van der Waals surface area contributed by atoms with E-state index in [4.69, 9.17) is 28.3 Å². The third kappa shape index (κ3) is 5.38. The summed E-state index contributed by atoms with van der Waals surface area (Å²) in [4.78, 5) is 11.9. The van der Waals surface area contributed by atoms with Gasteiger partial charge < -0.3 is 10.6 Å². The summed E-state index contributed by atoms with van der Waals surface area (Å²) in [5, 5.41) is 11.2. The highest BCUT2D eigenvalue weighted by atomic mass is 35.5. The Balaban J connectivity index is 1.84. The van der Waals surface area contributed by atoms with Crippen molar-refractivity contribution in [3.63, 3.8) is 0 Å². The molecule has 0 aliphatic heterocycles. The zero-order valence-electron chi connectivity index (χ0n) is 12.4. The van der Waals surface area contributed by atoms with Gasteiger partial charge in [0.15, 0.2) is 0 Å². The van der Waals surface area contributed by atoms with E-state index in [0.29, 0.717) is 28.7 Å². The quantitative estimate of drug-likeness (QED) is 0.734. The van der Waals surface area contributed by atoms with Gasteiger partial charge in [-0.3, -0.25) is 0 Å². The molecule has 128 valence electrons. The Kier molecular flexibility index (Phi) is 6.06. The Hall–Kier alpha value is -1.80.